The Kier molecular flexibility index (Phi) is 11.5. The van der Waals surface area contributed by atoms with Gasteiger partial charge in [0, 0.05) is 29.6 Å². The van der Waals surface area contributed by atoms with E-state index in [0.29, 0.717) is 41.0 Å². The summed E-state index contributed by atoms with van der Waals surface area (Å²) >= 11 is 0. The monoisotopic (exact) mass is 483 g/mol. The first kappa shape index (κ1) is 29.1. The summed E-state index contributed by atoms with van der Waals surface area (Å²) in [4.78, 5) is 24.7. The van der Waals surface area contributed by atoms with E-state index in [1.165, 1.54) is 6.08 Å². The Balaban J connectivity index is 3.04. The lowest BCUT2D eigenvalue weighted by Gasteiger charge is -2.27. The first-order chi connectivity index (χ1) is 15.3. The third kappa shape index (κ3) is 9.84. The Morgan fingerprint density at radius 1 is 1.15 bits per heavy atom. The van der Waals surface area contributed by atoms with Crippen LogP contribution >= 0.6 is 0 Å². The molecule has 188 valence electrons. The molecule has 0 aliphatic rings. The summed E-state index contributed by atoms with van der Waals surface area (Å²) in [5.41, 5.74) is 0.303. The summed E-state index contributed by atoms with van der Waals surface area (Å²) < 4.78 is 18.7. The van der Waals surface area contributed by atoms with Crippen LogP contribution in [0.25, 0.3) is 0 Å². The number of hydrogen-bond donors (Lipinski definition) is 1. The van der Waals surface area contributed by atoms with E-state index in [2.05, 4.69) is 53.4 Å². The van der Waals surface area contributed by atoms with Crippen LogP contribution in [0.1, 0.15) is 72.8 Å². The normalized spacial score (nSPS) is 13.0. The molecular formula is C25H43N2O5S+. The molecule has 0 radical (unpaired) electrons. The Labute approximate surface area is 202 Å². The van der Waals surface area contributed by atoms with Crippen molar-refractivity contribution >= 4 is 28.6 Å². The first-order valence-electron chi connectivity index (χ1n) is 11.6. The van der Waals surface area contributed by atoms with Crippen molar-refractivity contribution in [2.24, 2.45) is 5.92 Å². The minimum Gasteiger partial charge on any atom is -0.455 e. The molecule has 0 fully saturated rings. The summed E-state index contributed by atoms with van der Waals surface area (Å²) in [7, 11) is 0.108. The van der Waals surface area contributed by atoms with Gasteiger partial charge < -0.3 is 18.8 Å². The van der Waals surface area contributed by atoms with Gasteiger partial charge in [0.05, 0.1) is 12.3 Å². The van der Waals surface area contributed by atoms with Gasteiger partial charge in [-0.1, -0.05) is 26.5 Å². The van der Waals surface area contributed by atoms with Crippen LogP contribution in [0.4, 0.5) is 10.5 Å². The molecule has 33 heavy (non-hydrogen) atoms. The van der Waals surface area contributed by atoms with E-state index in [9.17, 15) is 9.59 Å². The number of amides is 1. The average Bonchev–Trinajstić information content (AvgIpc) is 3.06. The molecule has 0 aromatic carbocycles. The van der Waals surface area contributed by atoms with Gasteiger partial charge >= 0.3 is 12.1 Å². The molecule has 0 saturated carbocycles. The van der Waals surface area contributed by atoms with E-state index in [1.54, 1.807) is 16.8 Å². The van der Waals surface area contributed by atoms with E-state index in [4.69, 9.17) is 14.2 Å². The van der Waals surface area contributed by atoms with Crippen LogP contribution < -0.4 is 5.32 Å². The van der Waals surface area contributed by atoms with Crippen LogP contribution in [0.3, 0.4) is 0 Å². The SMILES string of the molecule is C=CCOC(=O)Nc1cc(C(=O)OC(C)(C)C)n(CCO[C@H](C(C)C)[S+](C(C)C)C(C)C)c1. The van der Waals surface area contributed by atoms with E-state index in [-0.39, 0.29) is 22.9 Å². The van der Waals surface area contributed by atoms with Crippen molar-refractivity contribution < 1.29 is 23.8 Å². The molecule has 1 N–H and O–H groups in total. The summed E-state index contributed by atoms with van der Waals surface area (Å²) in [6.07, 6.45) is 2.57. The van der Waals surface area contributed by atoms with Crippen molar-refractivity contribution in [2.75, 3.05) is 18.5 Å². The second-order valence-electron chi connectivity index (χ2n) is 9.81. The minimum atomic E-state index is -0.634. The number of hydrogen-bond acceptors (Lipinski definition) is 5. The van der Waals surface area contributed by atoms with Crippen LogP contribution in [-0.2, 0) is 31.7 Å². The number of nitrogens with zero attached hydrogens (tertiary/aromatic N) is 1. The second-order valence-corrected chi connectivity index (χ2v) is 13.0. The molecule has 1 atom stereocenters. The van der Waals surface area contributed by atoms with Crippen LogP contribution in [0.15, 0.2) is 24.9 Å². The Bertz CT molecular complexity index is 772. The van der Waals surface area contributed by atoms with E-state index in [1.807, 2.05) is 20.8 Å². The Morgan fingerprint density at radius 3 is 2.24 bits per heavy atom. The number of aromatic nitrogens is 1. The van der Waals surface area contributed by atoms with Gasteiger partial charge in [0.25, 0.3) is 0 Å². The fourth-order valence-electron chi connectivity index (χ4n) is 3.49. The van der Waals surface area contributed by atoms with Crippen molar-refractivity contribution in [3.8, 4) is 0 Å². The molecule has 1 rings (SSSR count). The van der Waals surface area contributed by atoms with Crippen LogP contribution in [0.5, 0.6) is 0 Å². The average molecular weight is 484 g/mol. The topological polar surface area (TPSA) is 78.8 Å². The largest absolute Gasteiger partial charge is 0.455 e. The molecule has 0 bridgehead atoms. The van der Waals surface area contributed by atoms with Crippen molar-refractivity contribution in [1.29, 1.82) is 0 Å². The molecule has 1 aromatic heterocycles. The van der Waals surface area contributed by atoms with Crippen molar-refractivity contribution in [3.05, 3.63) is 30.6 Å². The lowest BCUT2D eigenvalue weighted by molar-refractivity contribution is 0.00543. The number of nitrogens with one attached hydrogen (secondary N) is 1. The highest BCUT2D eigenvalue weighted by Gasteiger charge is 2.39. The highest BCUT2D eigenvalue weighted by molar-refractivity contribution is 7.98. The number of carbonyl (C=O) groups excluding carboxylic acids is 2. The second kappa shape index (κ2) is 13.1. The molecule has 1 amide bonds. The maximum Gasteiger partial charge on any atom is 0.411 e. The van der Waals surface area contributed by atoms with Crippen molar-refractivity contribution in [3.63, 3.8) is 0 Å². The summed E-state index contributed by atoms with van der Waals surface area (Å²) in [6, 6.07) is 1.59. The lowest BCUT2D eigenvalue weighted by Crippen LogP contribution is -2.41. The first-order valence-corrected chi connectivity index (χ1v) is 13.0. The standard InChI is InChI=1S/C25H42N2O5S/c1-11-13-31-24(29)26-20-15-21(22(28)32-25(8,9)10)27(16-20)12-14-30-23(17(2)3)33(18(4)5)19(6)7/h11,15-19,23H,1,12-14H2,2-10H3/p+1/t23-/m0/s1. The number of anilines is 1. The summed E-state index contributed by atoms with van der Waals surface area (Å²) in [6.45, 7) is 23.3. The quantitative estimate of drug-likeness (QED) is 0.237. The zero-order valence-electron chi connectivity index (χ0n) is 21.8. The fourth-order valence-corrected chi connectivity index (χ4v) is 6.53. The predicted molar refractivity (Wildman–Crippen MR) is 137 cm³/mol. The molecule has 7 nitrogen and oxygen atoms in total. The predicted octanol–water partition coefficient (Wildman–Crippen LogP) is 5.61. The third-order valence-corrected chi connectivity index (χ3v) is 7.99. The molecule has 8 heteroatoms. The minimum absolute atomic E-state index is 0.101. The van der Waals surface area contributed by atoms with Gasteiger partial charge in [0.1, 0.15) is 28.4 Å². The zero-order chi connectivity index (χ0) is 25.3. The number of carbonyl (C=O) groups is 2. The van der Waals surface area contributed by atoms with Crippen LogP contribution in [0, 0.1) is 5.92 Å². The van der Waals surface area contributed by atoms with Gasteiger partial charge in [-0.05, 0) is 54.5 Å². The fraction of sp³-hybridized carbons (Fsp3) is 0.680. The van der Waals surface area contributed by atoms with Crippen LogP contribution in [-0.4, -0.2) is 51.4 Å². The van der Waals surface area contributed by atoms with E-state index < -0.39 is 17.7 Å². The van der Waals surface area contributed by atoms with E-state index >= 15 is 0 Å². The summed E-state index contributed by atoms with van der Waals surface area (Å²) in [5, 5.41) is 3.70. The van der Waals surface area contributed by atoms with Crippen molar-refractivity contribution in [2.45, 2.75) is 90.4 Å². The van der Waals surface area contributed by atoms with Gasteiger partial charge in [-0.15, -0.1) is 0 Å². The molecular weight excluding hydrogens is 440 g/mol. The van der Waals surface area contributed by atoms with Gasteiger partial charge in [-0.2, -0.15) is 0 Å². The molecule has 0 aliphatic heterocycles. The highest BCUT2D eigenvalue weighted by Crippen LogP contribution is 2.26. The van der Waals surface area contributed by atoms with Gasteiger partial charge in [-0.3, -0.25) is 5.32 Å². The lowest BCUT2D eigenvalue weighted by atomic mass is 10.2. The number of rotatable bonds is 12. The number of ether oxygens (including phenoxy) is 3. The van der Waals surface area contributed by atoms with Crippen molar-refractivity contribution in [1.82, 2.24) is 4.57 Å². The molecule has 1 aromatic rings. The molecule has 0 aliphatic carbocycles. The van der Waals surface area contributed by atoms with Gasteiger partial charge in [-0.25, -0.2) is 9.59 Å². The Morgan fingerprint density at radius 2 is 1.76 bits per heavy atom. The molecule has 0 saturated heterocycles. The van der Waals surface area contributed by atoms with Gasteiger partial charge in [0.2, 0.25) is 5.44 Å². The zero-order valence-corrected chi connectivity index (χ0v) is 22.6. The maximum atomic E-state index is 12.8. The Hall–Kier alpha value is -1.93. The molecule has 0 spiro atoms. The molecule has 0 unspecified atom stereocenters. The van der Waals surface area contributed by atoms with E-state index in [0.717, 1.165) is 0 Å². The third-order valence-electron chi connectivity index (χ3n) is 4.60. The maximum absolute atomic E-state index is 12.8. The molecule has 1 heterocycles. The summed E-state index contributed by atoms with van der Waals surface area (Å²) in [5.74, 6) is -0.0792. The van der Waals surface area contributed by atoms with Crippen LogP contribution in [0.2, 0.25) is 0 Å². The highest BCUT2D eigenvalue weighted by atomic mass is 32.2. The number of esters is 1. The van der Waals surface area contributed by atoms with Gasteiger partial charge in [0.15, 0.2) is 0 Å². The smallest absolute Gasteiger partial charge is 0.411 e.